The van der Waals surface area contributed by atoms with Crippen molar-refractivity contribution in [3.8, 4) is 0 Å². The number of hydrogen-bond donors (Lipinski definition) is 1. The molecule has 1 unspecified atom stereocenters. The maximum Gasteiger partial charge on any atom is 0.251 e. The topological polar surface area (TPSA) is 64.2 Å². The summed E-state index contributed by atoms with van der Waals surface area (Å²) in [7, 11) is 0. The fourth-order valence-corrected chi connectivity index (χ4v) is 1.40. The van der Waals surface area contributed by atoms with Gasteiger partial charge in [0.1, 0.15) is 11.9 Å². The van der Waals surface area contributed by atoms with Crippen molar-refractivity contribution in [2.24, 2.45) is 0 Å². The Morgan fingerprint density at radius 3 is 3.07 bits per heavy atom. The fraction of sp³-hybridized carbons (Fsp3) is 0.556. The minimum Gasteiger partial charge on any atom is -0.376 e. The van der Waals surface area contributed by atoms with E-state index in [1.54, 1.807) is 6.92 Å². The minimum atomic E-state index is -0.239. The second-order valence-electron chi connectivity index (χ2n) is 3.21. The first-order valence-corrected chi connectivity index (χ1v) is 4.53. The second kappa shape index (κ2) is 3.89. The maximum atomic E-state index is 11.2. The second-order valence-corrected chi connectivity index (χ2v) is 3.21. The van der Waals surface area contributed by atoms with E-state index in [0.29, 0.717) is 31.3 Å². The van der Waals surface area contributed by atoms with Crippen LogP contribution in [0.15, 0.2) is 10.9 Å². The van der Waals surface area contributed by atoms with Gasteiger partial charge in [-0.1, -0.05) is 0 Å². The van der Waals surface area contributed by atoms with Gasteiger partial charge in [0.2, 0.25) is 0 Å². The van der Waals surface area contributed by atoms with Crippen molar-refractivity contribution in [3.05, 3.63) is 27.9 Å². The SMILES string of the molecule is Cc1cc(=O)[nH]c(C2COCCO2)n1. The molecule has 0 aliphatic carbocycles. The van der Waals surface area contributed by atoms with E-state index in [1.807, 2.05) is 0 Å². The van der Waals surface area contributed by atoms with Gasteiger partial charge in [0.05, 0.1) is 19.8 Å². The lowest BCUT2D eigenvalue weighted by Crippen LogP contribution is -2.25. The van der Waals surface area contributed by atoms with Crippen LogP contribution in [-0.2, 0) is 9.47 Å². The van der Waals surface area contributed by atoms with Crippen LogP contribution < -0.4 is 5.56 Å². The van der Waals surface area contributed by atoms with Gasteiger partial charge in [0, 0.05) is 11.8 Å². The molecule has 0 bridgehead atoms. The van der Waals surface area contributed by atoms with Gasteiger partial charge in [-0.2, -0.15) is 0 Å². The van der Waals surface area contributed by atoms with Crippen LogP contribution in [0.1, 0.15) is 17.6 Å². The molecule has 2 heterocycles. The molecule has 1 aromatic heterocycles. The molecule has 0 radical (unpaired) electrons. The summed E-state index contributed by atoms with van der Waals surface area (Å²) in [6.45, 7) is 3.38. The van der Waals surface area contributed by atoms with E-state index in [0.717, 1.165) is 0 Å². The lowest BCUT2D eigenvalue weighted by atomic mass is 10.3. The smallest absolute Gasteiger partial charge is 0.251 e. The van der Waals surface area contributed by atoms with Crippen molar-refractivity contribution in [2.45, 2.75) is 13.0 Å². The number of nitrogens with one attached hydrogen (secondary N) is 1. The number of hydrogen-bond acceptors (Lipinski definition) is 4. The van der Waals surface area contributed by atoms with Crippen LogP contribution in [0.25, 0.3) is 0 Å². The summed E-state index contributed by atoms with van der Waals surface area (Å²) in [5.41, 5.74) is 0.541. The average Bonchev–Trinajstić information content (AvgIpc) is 2.18. The molecule has 1 saturated heterocycles. The molecule has 14 heavy (non-hydrogen) atoms. The van der Waals surface area contributed by atoms with E-state index >= 15 is 0 Å². The monoisotopic (exact) mass is 196 g/mol. The summed E-state index contributed by atoms with van der Waals surface area (Å²) in [4.78, 5) is 18.0. The molecule has 5 heteroatoms. The third kappa shape index (κ3) is 2.00. The first kappa shape index (κ1) is 9.36. The summed E-state index contributed by atoms with van der Waals surface area (Å²) >= 11 is 0. The first-order valence-electron chi connectivity index (χ1n) is 4.53. The standard InChI is InChI=1S/C9H12N2O3/c1-6-4-8(12)11-9(10-6)7-5-13-2-3-14-7/h4,7H,2-3,5H2,1H3,(H,10,11,12). The number of aryl methyl sites for hydroxylation is 1. The van der Waals surface area contributed by atoms with Crippen molar-refractivity contribution < 1.29 is 9.47 Å². The van der Waals surface area contributed by atoms with E-state index in [2.05, 4.69) is 9.97 Å². The Labute approximate surface area is 81.1 Å². The Bertz CT molecular complexity index is 369. The molecular weight excluding hydrogens is 184 g/mol. The van der Waals surface area contributed by atoms with Gasteiger partial charge in [-0.15, -0.1) is 0 Å². The Morgan fingerprint density at radius 2 is 2.43 bits per heavy atom. The highest BCUT2D eigenvalue weighted by Gasteiger charge is 2.18. The van der Waals surface area contributed by atoms with Gasteiger partial charge >= 0.3 is 0 Å². The van der Waals surface area contributed by atoms with E-state index in [4.69, 9.17) is 9.47 Å². The van der Waals surface area contributed by atoms with Crippen molar-refractivity contribution >= 4 is 0 Å². The zero-order valence-corrected chi connectivity index (χ0v) is 7.95. The van der Waals surface area contributed by atoms with Crippen molar-refractivity contribution in [3.63, 3.8) is 0 Å². The number of ether oxygens (including phenoxy) is 2. The summed E-state index contributed by atoms with van der Waals surface area (Å²) in [6.07, 6.45) is -0.239. The molecule has 5 nitrogen and oxygen atoms in total. The molecular formula is C9H12N2O3. The third-order valence-corrected chi connectivity index (χ3v) is 2.01. The van der Waals surface area contributed by atoms with Crippen molar-refractivity contribution in [1.82, 2.24) is 9.97 Å². The highest BCUT2D eigenvalue weighted by Crippen LogP contribution is 2.15. The van der Waals surface area contributed by atoms with Crippen LogP contribution in [0, 0.1) is 6.92 Å². The van der Waals surface area contributed by atoms with E-state index in [9.17, 15) is 4.79 Å². The molecule has 1 atom stereocenters. The third-order valence-electron chi connectivity index (χ3n) is 2.01. The molecule has 0 saturated carbocycles. The van der Waals surface area contributed by atoms with E-state index in [-0.39, 0.29) is 11.7 Å². The van der Waals surface area contributed by atoms with Crippen LogP contribution in [0.3, 0.4) is 0 Å². The van der Waals surface area contributed by atoms with Crippen LogP contribution in [0.2, 0.25) is 0 Å². The van der Waals surface area contributed by atoms with Gasteiger partial charge in [-0.25, -0.2) is 4.98 Å². The van der Waals surface area contributed by atoms with Gasteiger partial charge in [-0.3, -0.25) is 4.79 Å². The normalized spacial score (nSPS) is 22.2. The summed E-state index contributed by atoms with van der Waals surface area (Å²) in [5, 5.41) is 0. The van der Waals surface area contributed by atoms with Gasteiger partial charge in [0.25, 0.3) is 5.56 Å². The zero-order valence-electron chi connectivity index (χ0n) is 7.95. The highest BCUT2D eigenvalue weighted by atomic mass is 16.6. The Balaban J connectivity index is 2.26. The molecule has 0 spiro atoms. The molecule has 0 amide bonds. The van der Waals surface area contributed by atoms with Gasteiger partial charge < -0.3 is 14.5 Å². The lowest BCUT2D eigenvalue weighted by Gasteiger charge is -2.21. The zero-order chi connectivity index (χ0) is 9.97. The molecule has 0 aromatic carbocycles. The Kier molecular flexibility index (Phi) is 2.60. The average molecular weight is 196 g/mol. The molecule has 1 aliphatic heterocycles. The predicted molar refractivity (Wildman–Crippen MR) is 49.1 cm³/mol. The number of aromatic amines is 1. The van der Waals surface area contributed by atoms with Crippen molar-refractivity contribution in [1.29, 1.82) is 0 Å². The number of aromatic nitrogens is 2. The quantitative estimate of drug-likeness (QED) is 0.695. The maximum absolute atomic E-state index is 11.2. The predicted octanol–water partition coefficient (Wildman–Crippen LogP) is 0.166. The fourth-order valence-electron chi connectivity index (χ4n) is 1.40. The lowest BCUT2D eigenvalue weighted by molar-refractivity contribution is -0.0936. The number of rotatable bonds is 1. The summed E-state index contributed by atoms with van der Waals surface area (Å²) in [6, 6.07) is 1.45. The van der Waals surface area contributed by atoms with Gasteiger partial charge in [-0.05, 0) is 6.92 Å². The van der Waals surface area contributed by atoms with Crippen LogP contribution in [0.5, 0.6) is 0 Å². The highest BCUT2D eigenvalue weighted by molar-refractivity contribution is 5.02. The van der Waals surface area contributed by atoms with Crippen LogP contribution in [-0.4, -0.2) is 29.8 Å². The van der Waals surface area contributed by atoms with Crippen molar-refractivity contribution in [2.75, 3.05) is 19.8 Å². The number of nitrogens with zero attached hydrogens (tertiary/aromatic N) is 1. The summed E-state index contributed by atoms with van der Waals surface area (Å²) < 4.78 is 10.6. The van der Waals surface area contributed by atoms with Crippen LogP contribution >= 0.6 is 0 Å². The molecule has 1 N–H and O–H groups in total. The first-order chi connectivity index (χ1) is 6.75. The largest absolute Gasteiger partial charge is 0.376 e. The summed E-state index contributed by atoms with van der Waals surface area (Å²) in [5.74, 6) is 0.551. The molecule has 2 rings (SSSR count). The van der Waals surface area contributed by atoms with Gasteiger partial charge in [0.15, 0.2) is 0 Å². The minimum absolute atomic E-state index is 0.151. The number of H-pyrrole nitrogens is 1. The van der Waals surface area contributed by atoms with E-state index in [1.165, 1.54) is 6.07 Å². The Morgan fingerprint density at radius 1 is 1.57 bits per heavy atom. The molecule has 1 aromatic rings. The molecule has 1 aliphatic rings. The van der Waals surface area contributed by atoms with E-state index < -0.39 is 0 Å². The Hall–Kier alpha value is -1.20. The molecule has 76 valence electrons. The van der Waals surface area contributed by atoms with Crippen LogP contribution in [0.4, 0.5) is 0 Å². The molecule has 1 fully saturated rings.